The number of rotatable bonds is 3. The summed E-state index contributed by atoms with van der Waals surface area (Å²) in [5, 5.41) is 4.69. The molecule has 0 saturated carbocycles. The van der Waals surface area contributed by atoms with E-state index in [9.17, 15) is 18.0 Å². The standard InChI is InChI=1S/C12H9F3N2OS/c1-6-16-7(5-19-6)4-10(18)17-9-3-2-8(13)11(14)12(9)15/h2-3,5H,4H2,1H3,(H,17,18). The van der Waals surface area contributed by atoms with Gasteiger partial charge < -0.3 is 5.32 Å². The molecular weight excluding hydrogens is 277 g/mol. The van der Waals surface area contributed by atoms with Gasteiger partial charge in [0.25, 0.3) is 0 Å². The predicted molar refractivity (Wildman–Crippen MR) is 65.5 cm³/mol. The van der Waals surface area contributed by atoms with Crippen LogP contribution < -0.4 is 5.32 Å². The lowest BCUT2D eigenvalue weighted by atomic mass is 10.2. The Balaban J connectivity index is 2.09. The van der Waals surface area contributed by atoms with Crippen molar-refractivity contribution in [2.24, 2.45) is 0 Å². The number of halogens is 3. The number of nitrogens with zero attached hydrogens (tertiary/aromatic N) is 1. The van der Waals surface area contributed by atoms with Crippen molar-refractivity contribution in [3.63, 3.8) is 0 Å². The molecule has 1 amide bonds. The van der Waals surface area contributed by atoms with Crippen LogP contribution in [0.5, 0.6) is 0 Å². The Morgan fingerprint density at radius 3 is 2.68 bits per heavy atom. The molecule has 2 rings (SSSR count). The minimum Gasteiger partial charge on any atom is -0.323 e. The van der Waals surface area contributed by atoms with E-state index in [1.54, 1.807) is 12.3 Å². The fourth-order valence-electron chi connectivity index (χ4n) is 1.47. The Morgan fingerprint density at radius 2 is 2.05 bits per heavy atom. The summed E-state index contributed by atoms with van der Waals surface area (Å²) in [4.78, 5) is 15.7. The molecule has 0 radical (unpaired) electrons. The van der Waals surface area contributed by atoms with E-state index in [-0.39, 0.29) is 6.42 Å². The fourth-order valence-corrected chi connectivity index (χ4v) is 2.08. The second kappa shape index (κ2) is 5.40. The first-order valence-electron chi connectivity index (χ1n) is 5.31. The molecule has 1 N–H and O–H groups in total. The second-order valence-electron chi connectivity index (χ2n) is 3.81. The Morgan fingerprint density at radius 1 is 1.32 bits per heavy atom. The van der Waals surface area contributed by atoms with E-state index in [1.165, 1.54) is 11.3 Å². The van der Waals surface area contributed by atoms with Gasteiger partial charge in [-0.25, -0.2) is 18.2 Å². The third-order valence-corrected chi connectivity index (χ3v) is 3.14. The van der Waals surface area contributed by atoms with E-state index in [0.29, 0.717) is 5.69 Å². The number of aryl methyl sites for hydroxylation is 1. The monoisotopic (exact) mass is 286 g/mol. The first kappa shape index (κ1) is 13.5. The number of hydrogen-bond acceptors (Lipinski definition) is 3. The number of hydrogen-bond donors (Lipinski definition) is 1. The van der Waals surface area contributed by atoms with Gasteiger partial charge in [-0.2, -0.15) is 0 Å². The summed E-state index contributed by atoms with van der Waals surface area (Å²) in [5.41, 5.74) is 0.152. The average Bonchev–Trinajstić information content (AvgIpc) is 2.75. The molecule has 1 aromatic heterocycles. The summed E-state index contributed by atoms with van der Waals surface area (Å²) in [6.45, 7) is 1.79. The molecule has 2 aromatic rings. The van der Waals surface area contributed by atoms with Crippen LogP contribution in [-0.4, -0.2) is 10.9 Å². The highest BCUT2D eigenvalue weighted by Crippen LogP contribution is 2.20. The van der Waals surface area contributed by atoms with Gasteiger partial charge in [-0.1, -0.05) is 0 Å². The van der Waals surface area contributed by atoms with Crippen LogP contribution in [0.25, 0.3) is 0 Å². The normalized spacial score (nSPS) is 10.5. The Hall–Kier alpha value is -1.89. The van der Waals surface area contributed by atoms with E-state index in [1.807, 2.05) is 0 Å². The lowest BCUT2D eigenvalue weighted by Crippen LogP contribution is -2.16. The molecule has 1 heterocycles. The van der Waals surface area contributed by atoms with Crippen molar-refractivity contribution < 1.29 is 18.0 Å². The molecule has 3 nitrogen and oxygen atoms in total. The average molecular weight is 286 g/mol. The number of benzene rings is 1. The molecule has 0 unspecified atom stereocenters. The molecule has 1 aromatic carbocycles. The molecule has 0 atom stereocenters. The van der Waals surface area contributed by atoms with Gasteiger partial charge >= 0.3 is 0 Å². The van der Waals surface area contributed by atoms with Crippen molar-refractivity contribution in [1.82, 2.24) is 4.98 Å². The van der Waals surface area contributed by atoms with Crippen molar-refractivity contribution in [2.45, 2.75) is 13.3 Å². The summed E-state index contributed by atoms with van der Waals surface area (Å²) in [6, 6.07) is 1.72. The van der Waals surface area contributed by atoms with Gasteiger partial charge in [0.2, 0.25) is 5.91 Å². The highest BCUT2D eigenvalue weighted by molar-refractivity contribution is 7.09. The summed E-state index contributed by atoms with van der Waals surface area (Å²) in [7, 11) is 0. The van der Waals surface area contributed by atoms with Crippen LogP contribution in [-0.2, 0) is 11.2 Å². The lowest BCUT2D eigenvalue weighted by molar-refractivity contribution is -0.115. The molecule has 0 aliphatic carbocycles. The summed E-state index contributed by atoms with van der Waals surface area (Å²) in [6.07, 6.45) is -0.0528. The first-order chi connectivity index (χ1) is 8.97. The molecule has 0 bridgehead atoms. The molecule has 0 aliphatic heterocycles. The van der Waals surface area contributed by atoms with Crippen LogP contribution in [0.4, 0.5) is 18.9 Å². The summed E-state index contributed by atoms with van der Waals surface area (Å²) in [5.74, 6) is -4.87. The van der Waals surface area contributed by atoms with Crippen LogP contribution in [0.1, 0.15) is 10.7 Å². The zero-order valence-electron chi connectivity index (χ0n) is 9.84. The molecular formula is C12H9F3N2OS. The quantitative estimate of drug-likeness (QED) is 0.881. The number of carbonyl (C=O) groups excluding carboxylic acids is 1. The van der Waals surface area contributed by atoms with Crippen molar-refractivity contribution in [3.05, 3.63) is 45.7 Å². The molecule has 100 valence electrons. The van der Waals surface area contributed by atoms with Crippen molar-refractivity contribution in [3.8, 4) is 0 Å². The van der Waals surface area contributed by atoms with Crippen LogP contribution in [0, 0.1) is 24.4 Å². The van der Waals surface area contributed by atoms with Gasteiger partial charge in [0, 0.05) is 5.38 Å². The number of carbonyl (C=O) groups is 1. The zero-order chi connectivity index (χ0) is 14.0. The molecule has 0 saturated heterocycles. The highest BCUT2D eigenvalue weighted by Gasteiger charge is 2.15. The number of nitrogens with one attached hydrogen (secondary N) is 1. The smallest absolute Gasteiger partial charge is 0.230 e. The molecule has 0 aliphatic rings. The highest BCUT2D eigenvalue weighted by atomic mass is 32.1. The van der Waals surface area contributed by atoms with Crippen LogP contribution in [0.15, 0.2) is 17.5 Å². The van der Waals surface area contributed by atoms with E-state index in [4.69, 9.17) is 0 Å². The lowest BCUT2D eigenvalue weighted by Gasteiger charge is -2.06. The minimum absolute atomic E-state index is 0.0528. The van der Waals surface area contributed by atoms with Crippen LogP contribution in [0.2, 0.25) is 0 Å². The molecule has 0 fully saturated rings. The third-order valence-electron chi connectivity index (χ3n) is 2.32. The van der Waals surface area contributed by atoms with E-state index >= 15 is 0 Å². The van der Waals surface area contributed by atoms with Crippen molar-refractivity contribution in [2.75, 3.05) is 5.32 Å². The molecule has 7 heteroatoms. The number of anilines is 1. The SMILES string of the molecule is Cc1nc(CC(=O)Nc2ccc(F)c(F)c2F)cs1. The van der Waals surface area contributed by atoms with Gasteiger partial charge in [0.15, 0.2) is 17.5 Å². The Bertz CT molecular complexity index is 627. The number of amides is 1. The van der Waals surface area contributed by atoms with E-state index in [0.717, 1.165) is 17.1 Å². The maximum atomic E-state index is 13.3. The van der Waals surface area contributed by atoms with Crippen LogP contribution in [0.3, 0.4) is 0 Å². The van der Waals surface area contributed by atoms with Gasteiger partial charge in [-0.05, 0) is 19.1 Å². The third kappa shape index (κ3) is 3.11. The fraction of sp³-hybridized carbons (Fsp3) is 0.167. The predicted octanol–water partition coefficient (Wildman–Crippen LogP) is 3.05. The van der Waals surface area contributed by atoms with E-state index in [2.05, 4.69) is 10.3 Å². The molecule has 19 heavy (non-hydrogen) atoms. The Kier molecular flexibility index (Phi) is 3.84. The largest absolute Gasteiger partial charge is 0.323 e. The van der Waals surface area contributed by atoms with Crippen molar-refractivity contribution >= 4 is 22.9 Å². The number of thiazole rings is 1. The summed E-state index contributed by atoms with van der Waals surface area (Å²) >= 11 is 1.39. The Labute approximate surface area is 111 Å². The van der Waals surface area contributed by atoms with Crippen molar-refractivity contribution in [1.29, 1.82) is 0 Å². The van der Waals surface area contributed by atoms with Crippen LogP contribution >= 0.6 is 11.3 Å². The maximum Gasteiger partial charge on any atom is 0.230 e. The zero-order valence-corrected chi connectivity index (χ0v) is 10.7. The van der Waals surface area contributed by atoms with Gasteiger partial charge in [-0.15, -0.1) is 11.3 Å². The number of aromatic nitrogens is 1. The summed E-state index contributed by atoms with van der Waals surface area (Å²) < 4.78 is 39.0. The van der Waals surface area contributed by atoms with Gasteiger partial charge in [0.1, 0.15) is 0 Å². The van der Waals surface area contributed by atoms with Gasteiger partial charge in [-0.3, -0.25) is 4.79 Å². The van der Waals surface area contributed by atoms with E-state index < -0.39 is 29.0 Å². The minimum atomic E-state index is -1.61. The maximum absolute atomic E-state index is 13.3. The van der Waals surface area contributed by atoms with Gasteiger partial charge in [0.05, 0.1) is 22.8 Å². The topological polar surface area (TPSA) is 42.0 Å². The first-order valence-corrected chi connectivity index (χ1v) is 6.19. The second-order valence-corrected chi connectivity index (χ2v) is 4.87. The molecule has 0 spiro atoms.